The molecule has 0 spiro atoms. The number of rotatable bonds is 2. The summed E-state index contributed by atoms with van der Waals surface area (Å²) in [6, 6.07) is 0. The van der Waals surface area contributed by atoms with Crippen molar-refractivity contribution in [2.24, 2.45) is 0 Å². The lowest BCUT2D eigenvalue weighted by atomic mass is 10.1. The summed E-state index contributed by atoms with van der Waals surface area (Å²) >= 11 is 0. The van der Waals surface area contributed by atoms with Crippen LogP contribution in [0.1, 0.15) is 0 Å². The second-order valence-corrected chi connectivity index (χ2v) is 1.84. The van der Waals surface area contributed by atoms with Gasteiger partial charge in [-0.25, -0.2) is 0 Å². The fourth-order valence-electron chi connectivity index (χ4n) is 0.394. The maximum absolute atomic E-state index is 3.61. The smallest absolute Gasteiger partial charge is 0.314 e. The highest BCUT2D eigenvalue weighted by Crippen LogP contribution is 1.64. The fourth-order valence-corrected chi connectivity index (χ4v) is 0.394. The molecule has 0 saturated heterocycles. The molecule has 0 fully saturated rings. The summed E-state index contributed by atoms with van der Waals surface area (Å²) in [7, 11) is 7.70. The molecule has 0 atom stereocenters. The van der Waals surface area contributed by atoms with Gasteiger partial charge in [0.1, 0.15) is 13.8 Å². The third-order valence-electron chi connectivity index (χ3n) is 0.428. The third kappa shape index (κ3) is 5.69. The van der Waals surface area contributed by atoms with Gasteiger partial charge in [0.15, 0.2) is 0 Å². The van der Waals surface area contributed by atoms with Gasteiger partial charge in [0.25, 0.3) is 0 Å². The number of hydrogen-bond acceptors (Lipinski definition) is 1. The minimum absolute atomic E-state index is 1.75. The molecule has 0 aliphatic carbocycles. The van der Waals surface area contributed by atoms with Gasteiger partial charge >= 0.3 is 7.55 Å². The van der Waals surface area contributed by atoms with Crippen LogP contribution >= 0.6 is 0 Å². The molecule has 0 unspecified atom stereocenters. The zero-order valence-electron chi connectivity index (χ0n) is 5.18. The molecule has 0 amide bonds. The van der Waals surface area contributed by atoms with Gasteiger partial charge < -0.3 is 4.49 Å². The predicted octanol–water partition coefficient (Wildman–Crippen LogP) is -0.575. The van der Waals surface area contributed by atoms with E-state index in [1.165, 1.54) is 0 Å². The summed E-state index contributed by atoms with van der Waals surface area (Å²) in [5.74, 6) is 0. The summed E-state index contributed by atoms with van der Waals surface area (Å²) in [6.45, 7) is 3.61. The van der Waals surface area contributed by atoms with Gasteiger partial charge in [-0.2, -0.15) is 0 Å². The van der Waals surface area contributed by atoms with Crippen molar-refractivity contribution in [3.05, 3.63) is 0 Å². The first kappa shape index (κ1) is 6.69. The van der Waals surface area contributed by atoms with E-state index < -0.39 is 0 Å². The molecule has 3 heteroatoms. The minimum Gasteiger partial charge on any atom is -0.314 e. The van der Waals surface area contributed by atoms with Gasteiger partial charge in [-0.3, -0.25) is 4.81 Å². The topological polar surface area (TPSA) is 6.25 Å². The maximum Gasteiger partial charge on any atom is 0.647 e. The van der Waals surface area contributed by atoms with Crippen molar-refractivity contribution in [1.29, 1.82) is 0 Å². The van der Waals surface area contributed by atoms with Crippen LogP contribution in [0.5, 0.6) is 0 Å². The van der Waals surface area contributed by atoms with Gasteiger partial charge in [-0.15, -0.1) is 0 Å². The molecule has 7 heavy (non-hydrogen) atoms. The molecule has 0 aromatic heterocycles. The van der Waals surface area contributed by atoms with Crippen molar-refractivity contribution in [3.63, 3.8) is 0 Å². The van der Waals surface area contributed by atoms with Crippen molar-refractivity contribution in [2.75, 3.05) is 21.1 Å². The fraction of sp³-hybridized carbons (Fsp3) is 0.750. The van der Waals surface area contributed by atoms with E-state index >= 15 is 0 Å². The first-order valence-electron chi connectivity index (χ1n) is 2.17. The van der Waals surface area contributed by atoms with Crippen LogP contribution in [-0.4, -0.2) is 44.7 Å². The molecule has 0 heterocycles. The zero-order valence-corrected chi connectivity index (χ0v) is 5.18. The quantitative estimate of drug-likeness (QED) is 0.331. The highest BCUT2D eigenvalue weighted by molar-refractivity contribution is 6.21. The second kappa shape index (κ2) is 2.80. The summed E-state index contributed by atoms with van der Waals surface area (Å²) in [5.41, 5.74) is 0. The van der Waals surface area contributed by atoms with Crippen LogP contribution in [0.25, 0.3) is 0 Å². The van der Waals surface area contributed by atoms with E-state index in [2.05, 4.69) is 6.72 Å². The highest BCUT2D eigenvalue weighted by atomic mass is 15.1. The van der Waals surface area contributed by atoms with Crippen LogP contribution < -0.4 is 0 Å². The SMILES string of the molecule is C=[N+](C)[B]N(C)C. The Balaban J connectivity index is 3.13. The Morgan fingerprint density at radius 1 is 1.57 bits per heavy atom. The largest absolute Gasteiger partial charge is 0.647 e. The van der Waals surface area contributed by atoms with E-state index in [-0.39, 0.29) is 0 Å². The number of nitrogens with zero attached hydrogens (tertiary/aromatic N) is 2. The second-order valence-electron chi connectivity index (χ2n) is 1.84. The molecule has 0 aliphatic heterocycles. The average Bonchev–Trinajstić information content (AvgIpc) is 1.27. The Morgan fingerprint density at radius 3 is 2.00 bits per heavy atom. The molecular weight excluding hydrogens is 86.9 g/mol. The van der Waals surface area contributed by atoms with Crippen LogP contribution in [0.3, 0.4) is 0 Å². The van der Waals surface area contributed by atoms with E-state index in [4.69, 9.17) is 0 Å². The van der Waals surface area contributed by atoms with Crippen LogP contribution in [0.15, 0.2) is 0 Å². The summed E-state index contributed by atoms with van der Waals surface area (Å²) < 4.78 is 1.75. The maximum atomic E-state index is 3.61. The Hall–Kier alpha value is -0.305. The molecule has 0 rings (SSSR count). The van der Waals surface area contributed by atoms with Crippen LogP contribution in [0.2, 0.25) is 0 Å². The summed E-state index contributed by atoms with van der Waals surface area (Å²) in [4.78, 5) is 1.94. The molecule has 0 saturated carbocycles. The van der Waals surface area contributed by atoms with Crippen molar-refractivity contribution in [2.45, 2.75) is 0 Å². The van der Waals surface area contributed by atoms with Crippen molar-refractivity contribution < 1.29 is 4.49 Å². The standard InChI is InChI=1S/C4H11BN2/c1-6(2)5-7(3)4/h1H2,2-4H3/q+1. The van der Waals surface area contributed by atoms with Gasteiger partial charge in [0.05, 0.1) is 0 Å². The summed E-state index contributed by atoms with van der Waals surface area (Å²) in [6.07, 6.45) is 0. The van der Waals surface area contributed by atoms with Gasteiger partial charge in [0.2, 0.25) is 0 Å². The molecule has 1 radical (unpaired) electrons. The van der Waals surface area contributed by atoms with Crippen LogP contribution in [0, 0.1) is 0 Å². The number of hydrogen-bond donors (Lipinski definition) is 0. The Morgan fingerprint density at radius 2 is 2.00 bits per heavy atom. The van der Waals surface area contributed by atoms with Crippen molar-refractivity contribution in [3.8, 4) is 0 Å². The van der Waals surface area contributed by atoms with Gasteiger partial charge in [-0.05, 0) is 14.1 Å². The first-order valence-corrected chi connectivity index (χ1v) is 2.17. The first-order chi connectivity index (χ1) is 3.13. The lowest BCUT2D eigenvalue weighted by Crippen LogP contribution is -2.26. The molecule has 0 aromatic carbocycles. The molecule has 0 aliphatic rings. The lowest BCUT2D eigenvalue weighted by molar-refractivity contribution is -0.340. The van der Waals surface area contributed by atoms with Crippen molar-refractivity contribution in [1.82, 2.24) is 4.81 Å². The molecular formula is C4H11BN2+. The van der Waals surface area contributed by atoms with Gasteiger partial charge in [0, 0.05) is 0 Å². The zero-order chi connectivity index (χ0) is 5.86. The average molecular weight is 98.0 g/mol. The molecule has 0 N–H and O–H groups in total. The van der Waals surface area contributed by atoms with Crippen molar-refractivity contribution >= 4 is 14.3 Å². The molecule has 2 nitrogen and oxygen atoms in total. The normalized spacial score (nSPS) is 9.14. The van der Waals surface area contributed by atoms with E-state index in [1.54, 1.807) is 4.49 Å². The van der Waals surface area contributed by atoms with Crippen LogP contribution in [-0.2, 0) is 0 Å². The lowest BCUT2D eigenvalue weighted by Gasteiger charge is -1.96. The minimum atomic E-state index is 1.75. The van der Waals surface area contributed by atoms with E-state index in [0.29, 0.717) is 0 Å². The highest BCUT2D eigenvalue weighted by Gasteiger charge is 2.03. The van der Waals surface area contributed by atoms with Gasteiger partial charge in [-0.1, -0.05) is 0 Å². The van der Waals surface area contributed by atoms with Crippen LogP contribution in [0.4, 0.5) is 0 Å². The van der Waals surface area contributed by atoms with E-state index in [1.807, 2.05) is 33.5 Å². The monoisotopic (exact) mass is 98.1 g/mol. The molecule has 0 bridgehead atoms. The Labute approximate surface area is 45.7 Å². The van der Waals surface area contributed by atoms with E-state index in [0.717, 1.165) is 0 Å². The summed E-state index contributed by atoms with van der Waals surface area (Å²) in [5, 5.41) is 0. The molecule has 39 valence electrons. The predicted molar refractivity (Wildman–Crippen MR) is 32.7 cm³/mol. The van der Waals surface area contributed by atoms with E-state index in [9.17, 15) is 0 Å². The molecule has 0 aromatic rings. The Kier molecular flexibility index (Phi) is 2.68. The Bertz CT molecular complexity index is 70.1. The third-order valence-corrected chi connectivity index (χ3v) is 0.428.